The molecule has 1 N–H and O–H groups in total. The van der Waals surface area contributed by atoms with E-state index in [-0.39, 0.29) is 0 Å². The highest BCUT2D eigenvalue weighted by Gasteiger charge is 2.12. The van der Waals surface area contributed by atoms with Gasteiger partial charge in [-0.25, -0.2) is 9.97 Å². The summed E-state index contributed by atoms with van der Waals surface area (Å²) in [4.78, 5) is 11.1. The molecular formula is C18H24N4OS. The van der Waals surface area contributed by atoms with Crippen molar-refractivity contribution in [3.63, 3.8) is 0 Å². The number of thioether (sulfide) groups is 1. The fraction of sp³-hybridized carbons (Fsp3) is 0.444. The van der Waals surface area contributed by atoms with Crippen LogP contribution in [0.3, 0.4) is 0 Å². The summed E-state index contributed by atoms with van der Waals surface area (Å²) >= 11 is 2.01. The SMILES string of the molecule is COc1ccc(CCCNc2cc(N3CCSCC3)ncn2)cc1. The van der Waals surface area contributed by atoms with E-state index >= 15 is 0 Å². The normalized spacial score (nSPS) is 14.5. The quantitative estimate of drug-likeness (QED) is 0.779. The third-order valence-corrected chi connectivity index (χ3v) is 5.04. The number of ether oxygens (including phenoxy) is 1. The summed E-state index contributed by atoms with van der Waals surface area (Å²) < 4.78 is 5.18. The number of methoxy groups -OCH3 is 1. The van der Waals surface area contributed by atoms with Crippen LogP contribution < -0.4 is 15.0 Å². The van der Waals surface area contributed by atoms with Gasteiger partial charge in [0, 0.05) is 37.2 Å². The minimum atomic E-state index is 0.901. The molecule has 128 valence electrons. The first-order valence-electron chi connectivity index (χ1n) is 8.37. The Morgan fingerprint density at radius 2 is 1.96 bits per heavy atom. The number of hydrogen-bond acceptors (Lipinski definition) is 6. The highest BCUT2D eigenvalue weighted by Crippen LogP contribution is 2.19. The maximum Gasteiger partial charge on any atom is 0.134 e. The zero-order valence-electron chi connectivity index (χ0n) is 14.1. The number of anilines is 2. The van der Waals surface area contributed by atoms with Crippen LogP contribution in [0.4, 0.5) is 11.6 Å². The monoisotopic (exact) mass is 344 g/mol. The van der Waals surface area contributed by atoms with Crippen molar-refractivity contribution < 1.29 is 4.74 Å². The Labute approximate surface area is 147 Å². The van der Waals surface area contributed by atoms with Gasteiger partial charge >= 0.3 is 0 Å². The van der Waals surface area contributed by atoms with Crippen LogP contribution in [0, 0.1) is 0 Å². The standard InChI is InChI=1S/C18H24N4OS/c1-23-16-6-4-15(5-7-16)3-2-8-19-17-13-18(21-14-20-17)22-9-11-24-12-10-22/h4-7,13-14H,2-3,8-12H2,1H3,(H,19,20,21). The van der Waals surface area contributed by atoms with E-state index in [0.717, 1.165) is 49.9 Å². The fourth-order valence-corrected chi connectivity index (χ4v) is 3.61. The second-order valence-corrected chi connectivity index (χ2v) is 6.96. The molecule has 1 aliphatic heterocycles. The number of nitrogens with one attached hydrogen (secondary N) is 1. The van der Waals surface area contributed by atoms with Gasteiger partial charge in [0.25, 0.3) is 0 Å². The second kappa shape index (κ2) is 8.78. The van der Waals surface area contributed by atoms with Gasteiger partial charge in [0.05, 0.1) is 7.11 Å². The zero-order chi connectivity index (χ0) is 16.6. The van der Waals surface area contributed by atoms with Gasteiger partial charge in [0.2, 0.25) is 0 Å². The fourth-order valence-electron chi connectivity index (χ4n) is 2.71. The van der Waals surface area contributed by atoms with Crippen LogP contribution in [0.2, 0.25) is 0 Å². The number of nitrogens with zero attached hydrogens (tertiary/aromatic N) is 3. The van der Waals surface area contributed by atoms with Crippen LogP contribution in [0.15, 0.2) is 36.7 Å². The Balaban J connectivity index is 1.45. The van der Waals surface area contributed by atoms with E-state index in [2.05, 4.69) is 38.4 Å². The van der Waals surface area contributed by atoms with Gasteiger partial charge in [0.1, 0.15) is 23.7 Å². The first-order valence-corrected chi connectivity index (χ1v) is 9.52. The summed E-state index contributed by atoms with van der Waals surface area (Å²) in [6.07, 6.45) is 3.76. The molecule has 2 aromatic rings. The van der Waals surface area contributed by atoms with Crippen molar-refractivity contribution in [3.05, 3.63) is 42.2 Å². The van der Waals surface area contributed by atoms with E-state index in [4.69, 9.17) is 4.74 Å². The summed E-state index contributed by atoms with van der Waals surface area (Å²) in [7, 11) is 1.69. The van der Waals surface area contributed by atoms with E-state index in [1.54, 1.807) is 13.4 Å². The lowest BCUT2D eigenvalue weighted by atomic mass is 10.1. The highest BCUT2D eigenvalue weighted by molar-refractivity contribution is 7.99. The number of rotatable bonds is 7. The van der Waals surface area contributed by atoms with Crippen molar-refractivity contribution in [2.75, 3.05) is 48.5 Å². The average Bonchev–Trinajstić information content (AvgIpc) is 2.67. The van der Waals surface area contributed by atoms with E-state index in [9.17, 15) is 0 Å². The van der Waals surface area contributed by atoms with E-state index < -0.39 is 0 Å². The van der Waals surface area contributed by atoms with Crippen LogP contribution in [-0.4, -0.2) is 48.2 Å². The molecule has 2 heterocycles. The first kappa shape index (κ1) is 16.9. The molecule has 3 rings (SSSR count). The van der Waals surface area contributed by atoms with Gasteiger partial charge in [-0.3, -0.25) is 0 Å². The number of benzene rings is 1. The van der Waals surface area contributed by atoms with Crippen LogP contribution in [-0.2, 0) is 6.42 Å². The molecule has 0 amide bonds. The molecule has 0 atom stereocenters. The van der Waals surface area contributed by atoms with E-state index in [0.29, 0.717) is 0 Å². The molecule has 5 nitrogen and oxygen atoms in total. The minimum absolute atomic E-state index is 0.901. The number of aromatic nitrogens is 2. The summed E-state index contributed by atoms with van der Waals surface area (Å²) in [5.41, 5.74) is 1.33. The summed E-state index contributed by atoms with van der Waals surface area (Å²) in [6.45, 7) is 3.04. The maximum absolute atomic E-state index is 5.18. The largest absolute Gasteiger partial charge is 0.497 e. The molecule has 1 fully saturated rings. The van der Waals surface area contributed by atoms with Gasteiger partial charge in [-0.1, -0.05) is 12.1 Å². The van der Waals surface area contributed by atoms with E-state index in [1.807, 2.05) is 23.9 Å². The molecule has 1 aliphatic rings. The molecule has 1 aromatic heterocycles. The van der Waals surface area contributed by atoms with Crippen LogP contribution in [0.5, 0.6) is 5.75 Å². The van der Waals surface area contributed by atoms with Gasteiger partial charge < -0.3 is 15.0 Å². The minimum Gasteiger partial charge on any atom is -0.497 e. The topological polar surface area (TPSA) is 50.3 Å². The molecule has 1 aromatic carbocycles. The predicted octanol–water partition coefficient (Wildman–Crippen LogP) is 3.08. The third kappa shape index (κ3) is 4.77. The molecule has 0 bridgehead atoms. The van der Waals surface area contributed by atoms with Crippen molar-refractivity contribution >= 4 is 23.4 Å². The Kier molecular flexibility index (Phi) is 6.18. The van der Waals surface area contributed by atoms with Gasteiger partial charge in [-0.2, -0.15) is 11.8 Å². The molecule has 24 heavy (non-hydrogen) atoms. The summed E-state index contributed by atoms with van der Waals surface area (Å²) in [6, 6.07) is 10.3. The van der Waals surface area contributed by atoms with Crippen LogP contribution in [0.1, 0.15) is 12.0 Å². The second-order valence-electron chi connectivity index (χ2n) is 5.74. The smallest absolute Gasteiger partial charge is 0.134 e. The van der Waals surface area contributed by atoms with Crippen molar-refractivity contribution in [2.45, 2.75) is 12.8 Å². The molecule has 0 aliphatic carbocycles. The lowest BCUT2D eigenvalue weighted by Gasteiger charge is -2.27. The number of hydrogen-bond donors (Lipinski definition) is 1. The Morgan fingerprint density at radius 1 is 1.17 bits per heavy atom. The maximum atomic E-state index is 5.18. The van der Waals surface area contributed by atoms with E-state index in [1.165, 1.54) is 17.1 Å². The lowest BCUT2D eigenvalue weighted by Crippen LogP contribution is -2.33. The van der Waals surface area contributed by atoms with Crippen molar-refractivity contribution in [1.82, 2.24) is 9.97 Å². The van der Waals surface area contributed by atoms with Gasteiger partial charge in [-0.05, 0) is 30.5 Å². The third-order valence-electron chi connectivity index (χ3n) is 4.10. The van der Waals surface area contributed by atoms with Gasteiger partial charge in [-0.15, -0.1) is 0 Å². The molecule has 0 saturated carbocycles. The molecular weight excluding hydrogens is 320 g/mol. The molecule has 0 radical (unpaired) electrons. The average molecular weight is 344 g/mol. The number of aryl methyl sites for hydroxylation is 1. The summed E-state index contributed by atoms with van der Waals surface area (Å²) in [5, 5.41) is 3.41. The first-order chi connectivity index (χ1) is 11.8. The van der Waals surface area contributed by atoms with Crippen molar-refractivity contribution in [1.29, 1.82) is 0 Å². The Hall–Kier alpha value is -1.95. The Morgan fingerprint density at radius 3 is 2.71 bits per heavy atom. The Bertz CT molecular complexity index is 629. The van der Waals surface area contributed by atoms with Crippen LogP contribution >= 0.6 is 11.8 Å². The molecule has 1 saturated heterocycles. The van der Waals surface area contributed by atoms with Gasteiger partial charge in [0.15, 0.2) is 0 Å². The summed E-state index contributed by atoms with van der Waals surface area (Å²) in [5.74, 6) is 5.20. The molecule has 0 unspecified atom stereocenters. The molecule has 6 heteroatoms. The zero-order valence-corrected chi connectivity index (χ0v) is 14.9. The van der Waals surface area contributed by atoms with Crippen molar-refractivity contribution in [3.8, 4) is 5.75 Å². The highest BCUT2D eigenvalue weighted by atomic mass is 32.2. The lowest BCUT2D eigenvalue weighted by molar-refractivity contribution is 0.414. The van der Waals surface area contributed by atoms with Crippen molar-refractivity contribution in [2.24, 2.45) is 0 Å². The molecule has 0 spiro atoms. The predicted molar refractivity (Wildman–Crippen MR) is 101 cm³/mol. The van der Waals surface area contributed by atoms with Crippen LogP contribution in [0.25, 0.3) is 0 Å².